The molecule has 0 unspecified atom stereocenters. The minimum Gasteiger partial charge on any atom is -0.507 e. The Labute approximate surface area is 237 Å². The minimum atomic E-state index is -4.49. The van der Waals surface area contributed by atoms with E-state index in [-0.39, 0.29) is 60.4 Å². The van der Waals surface area contributed by atoms with Crippen molar-refractivity contribution in [2.24, 2.45) is 4.40 Å². The second kappa shape index (κ2) is 10.6. The van der Waals surface area contributed by atoms with E-state index in [2.05, 4.69) is 16.0 Å². The van der Waals surface area contributed by atoms with Crippen molar-refractivity contribution >= 4 is 33.5 Å². The van der Waals surface area contributed by atoms with Crippen LogP contribution < -0.4 is 4.31 Å². The van der Waals surface area contributed by atoms with Crippen LogP contribution in [0.4, 0.5) is 20.3 Å². The number of para-hydroxylation sites is 1. The van der Waals surface area contributed by atoms with Crippen LogP contribution in [0.1, 0.15) is 37.8 Å². The first-order valence-corrected chi connectivity index (χ1v) is 14.4. The van der Waals surface area contributed by atoms with E-state index in [0.717, 1.165) is 16.4 Å². The van der Waals surface area contributed by atoms with Crippen LogP contribution in [0.25, 0.3) is 11.3 Å². The second-order valence-electron chi connectivity index (χ2n) is 10.2. The molecule has 12 heteroatoms. The standard InChI is InChI=1S/C29H29F2N5O4S/c1-5-25(38)34-13-14-35(18(4)16-34)29-20-15-22(31)27(26-21(30)10-8-12-24(26)37)32-28(20)36(41(39,40)33-29)23-11-7-6-9-19(23)17(2)3/h5-12,15,17-18,37H,1,13-14,16H2,2-4H3/t18-/m0/s1. The van der Waals surface area contributed by atoms with Crippen LogP contribution in [0, 0.1) is 11.6 Å². The lowest BCUT2D eigenvalue weighted by atomic mass is 10.0. The molecule has 214 valence electrons. The van der Waals surface area contributed by atoms with Gasteiger partial charge in [0, 0.05) is 25.7 Å². The summed E-state index contributed by atoms with van der Waals surface area (Å²) in [6.45, 7) is 9.86. The van der Waals surface area contributed by atoms with Gasteiger partial charge < -0.3 is 14.9 Å². The number of amides is 1. The highest BCUT2D eigenvalue weighted by Gasteiger charge is 2.41. The zero-order valence-electron chi connectivity index (χ0n) is 22.8. The third kappa shape index (κ3) is 4.92. The van der Waals surface area contributed by atoms with Gasteiger partial charge in [-0.25, -0.2) is 18.1 Å². The zero-order valence-corrected chi connectivity index (χ0v) is 23.6. The number of aromatic nitrogens is 1. The second-order valence-corrected chi connectivity index (χ2v) is 11.7. The first-order valence-electron chi connectivity index (χ1n) is 13.1. The Bertz CT molecular complexity index is 1670. The molecular formula is C29H29F2N5O4S. The van der Waals surface area contributed by atoms with Gasteiger partial charge in [0.25, 0.3) is 0 Å². The van der Waals surface area contributed by atoms with Gasteiger partial charge >= 0.3 is 10.2 Å². The molecule has 2 aliphatic heterocycles. The third-order valence-corrected chi connectivity index (χ3v) is 8.45. The molecule has 0 radical (unpaired) electrons. The number of hydrogen-bond acceptors (Lipinski definition) is 6. The molecule has 1 fully saturated rings. The van der Waals surface area contributed by atoms with Crippen molar-refractivity contribution in [3.63, 3.8) is 0 Å². The average Bonchev–Trinajstić information content (AvgIpc) is 2.92. The molecule has 3 heterocycles. The molecule has 3 aromatic rings. The maximum Gasteiger partial charge on any atom is 0.352 e. The Morgan fingerprint density at radius 2 is 1.85 bits per heavy atom. The molecule has 9 nitrogen and oxygen atoms in total. The predicted molar refractivity (Wildman–Crippen MR) is 152 cm³/mol. The molecule has 0 spiro atoms. The average molecular weight is 582 g/mol. The van der Waals surface area contributed by atoms with Crippen LogP contribution in [0.5, 0.6) is 5.75 Å². The number of hydrogen-bond donors (Lipinski definition) is 1. The molecule has 5 rings (SSSR count). The van der Waals surface area contributed by atoms with Crippen LogP contribution in [0.15, 0.2) is 65.6 Å². The van der Waals surface area contributed by atoms with Crippen molar-refractivity contribution in [2.45, 2.75) is 32.7 Å². The molecule has 0 aliphatic carbocycles. The number of halogens is 2. The number of piperazine rings is 1. The Morgan fingerprint density at radius 1 is 1.12 bits per heavy atom. The smallest absolute Gasteiger partial charge is 0.352 e. The van der Waals surface area contributed by atoms with Crippen LogP contribution >= 0.6 is 0 Å². The van der Waals surface area contributed by atoms with Gasteiger partial charge in [0.05, 0.1) is 16.8 Å². The quantitative estimate of drug-likeness (QED) is 0.447. The predicted octanol–water partition coefficient (Wildman–Crippen LogP) is 4.72. The molecule has 1 atom stereocenters. The van der Waals surface area contributed by atoms with E-state index in [4.69, 9.17) is 0 Å². The topological polar surface area (TPSA) is 106 Å². The molecule has 1 N–H and O–H groups in total. The first-order chi connectivity index (χ1) is 19.4. The van der Waals surface area contributed by atoms with Gasteiger partial charge in [-0.3, -0.25) is 4.79 Å². The number of benzene rings is 2. The lowest BCUT2D eigenvalue weighted by Gasteiger charge is -2.42. The van der Waals surface area contributed by atoms with Crippen LogP contribution in [0.3, 0.4) is 0 Å². The number of fused-ring (bicyclic) bond motifs is 1. The number of phenolic OH excluding ortho intramolecular Hbond substituents is 1. The Balaban J connectivity index is 1.75. The molecule has 2 aliphatic rings. The van der Waals surface area contributed by atoms with Crippen molar-refractivity contribution in [3.8, 4) is 17.0 Å². The fourth-order valence-corrected chi connectivity index (χ4v) is 6.51. The highest BCUT2D eigenvalue weighted by atomic mass is 32.2. The van der Waals surface area contributed by atoms with Crippen molar-refractivity contribution in [2.75, 3.05) is 23.9 Å². The third-order valence-electron chi connectivity index (χ3n) is 7.21. The summed E-state index contributed by atoms with van der Waals surface area (Å²) in [6.07, 6.45) is 1.21. The molecule has 41 heavy (non-hydrogen) atoms. The SMILES string of the molecule is C=CC(=O)N1CCN(C2=NS(=O)(=O)N(c3ccccc3C(C)C)c3nc(-c4c(O)cccc4F)c(F)cc32)[C@@H](C)C1. The first kappa shape index (κ1) is 28.2. The molecular weight excluding hydrogens is 552 g/mol. The van der Waals surface area contributed by atoms with Gasteiger partial charge in [-0.05, 0) is 48.7 Å². The number of amidine groups is 1. The number of phenols is 1. The fraction of sp³-hybridized carbons (Fsp3) is 0.276. The lowest BCUT2D eigenvalue weighted by molar-refractivity contribution is -0.128. The monoisotopic (exact) mass is 581 g/mol. The minimum absolute atomic E-state index is 0.0350. The van der Waals surface area contributed by atoms with Gasteiger partial charge in [0.15, 0.2) is 17.5 Å². The summed E-state index contributed by atoms with van der Waals surface area (Å²) >= 11 is 0. The molecule has 1 saturated heterocycles. The van der Waals surface area contributed by atoms with Gasteiger partial charge in [-0.2, -0.15) is 8.42 Å². The normalized spacial score (nSPS) is 18.2. The van der Waals surface area contributed by atoms with Crippen LogP contribution in [0.2, 0.25) is 0 Å². The summed E-state index contributed by atoms with van der Waals surface area (Å²) in [6, 6.07) is 11.0. The molecule has 1 amide bonds. The Kier molecular flexibility index (Phi) is 7.28. The number of rotatable bonds is 4. The number of aromatic hydroxyl groups is 1. The van der Waals surface area contributed by atoms with E-state index in [1.165, 1.54) is 18.2 Å². The lowest BCUT2D eigenvalue weighted by Crippen LogP contribution is -2.56. The Morgan fingerprint density at radius 3 is 2.51 bits per heavy atom. The van der Waals surface area contributed by atoms with E-state index >= 15 is 4.39 Å². The van der Waals surface area contributed by atoms with Crippen LogP contribution in [-0.4, -0.2) is 65.7 Å². The number of anilines is 2. The number of carbonyl (C=O) groups is 1. The van der Waals surface area contributed by atoms with Crippen molar-refractivity contribution < 1.29 is 27.1 Å². The van der Waals surface area contributed by atoms with Crippen LogP contribution in [-0.2, 0) is 15.0 Å². The summed E-state index contributed by atoms with van der Waals surface area (Å²) < 4.78 is 63.6. The molecule has 0 bridgehead atoms. The van der Waals surface area contributed by atoms with Crippen molar-refractivity contribution in [1.29, 1.82) is 0 Å². The number of pyridine rings is 1. The molecule has 0 saturated carbocycles. The molecule has 2 aromatic carbocycles. The number of nitrogens with zero attached hydrogens (tertiary/aromatic N) is 5. The van der Waals surface area contributed by atoms with E-state index in [0.29, 0.717) is 5.56 Å². The summed E-state index contributed by atoms with van der Waals surface area (Å²) in [4.78, 5) is 19.8. The van der Waals surface area contributed by atoms with Gasteiger partial charge in [-0.15, -0.1) is 4.40 Å². The van der Waals surface area contributed by atoms with E-state index in [1.807, 2.05) is 13.8 Å². The van der Waals surface area contributed by atoms with Gasteiger partial charge in [0.2, 0.25) is 5.91 Å². The summed E-state index contributed by atoms with van der Waals surface area (Å²) in [5.74, 6) is -3.01. The summed E-state index contributed by atoms with van der Waals surface area (Å²) in [5.41, 5.74) is -0.0184. The van der Waals surface area contributed by atoms with E-state index < -0.39 is 38.9 Å². The molecule has 1 aromatic heterocycles. The van der Waals surface area contributed by atoms with Gasteiger partial charge in [-0.1, -0.05) is 44.7 Å². The largest absolute Gasteiger partial charge is 0.507 e. The summed E-state index contributed by atoms with van der Waals surface area (Å²) in [5, 5.41) is 10.4. The highest BCUT2D eigenvalue weighted by Crippen LogP contribution is 2.43. The fourth-order valence-electron chi connectivity index (χ4n) is 5.24. The Hall–Kier alpha value is -4.32. The van der Waals surface area contributed by atoms with E-state index in [9.17, 15) is 22.7 Å². The highest BCUT2D eigenvalue weighted by molar-refractivity contribution is 7.92. The van der Waals surface area contributed by atoms with Gasteiger partial charge in [0.1, 0.15) is 17.3 Å². The van der Waals surface area contributed by atoms with Crippen molar-refractivity contribution in [3.05, 3.63) is 83.9 Å². The summed E-state index contributed by atoms with van der Waals surface area (Å²) in [7, 11) is -4.49. The number of carbonyl (C=O) groups excluding carboxylic acids is 1. The maximum atomic E-state index is 15.8. The van der Waals surface area contributed by atoms with E-state index in [1.54, 1.807) is 41.0 Å². The van der Waals surface area contributed by atoms with Crippen molar-refractivity contribution in [1.82, 2.24) is 14.8 Å². The maximum absolute atomic E-state index is 15.8. The zero-order chi connectivity index (χ0) is 29.6.